The summed E-state index contributed by atoms with van der Waals surface area (Å²) in [6.45, 7) is 2.70. The van der Waals surface area contributed by atoms with Crippen LogP contribution in [0.25, 0.3) is 0 Å². The van der Waals surface area contributed by atoms with E-state index in [1.807, 2.05) is 6.20 Å². The minimum Gasteiger partial charge on any atom is -0.407 e. The molecule has 0 radical (unpaired) electrons. The maximum Gasteiger partial charge on any atom is 0.315 e. The fourth-order valence-electron chi connectivity index (χ4n) is 1.12. The van der Waals surface area contributed by atoms with Crippen molar-refractivity contribution in [3.05, 3.63) is 22.0 Å². The Morgan fingerprint density at radius 3 is 3.00 bits per heavy atom. The van der Waals surface area contributed by atoms with Crippen molar-refractivity contribution in [3.8, 4) is 0 Å². The molecule has 2 aromatic heterocycles. The molecule has 86 valence electrons. The summed E-state index contributed by atoms with van der Waals surface area (Å²) in [5.41, 5.74) is 0. The van der Waals surface area contributed by atoms with Crippen molar-refractivity contribution in [1.29, 1.82) is 0 Å². The molecule has 0 bridgehead atoms. The SMILES string of the molecule is CCc1cnc(CNc2nnc(CCl)o2)s1. The van der Waals surface area contributed by atoms with Crippen LogP contribution in [0.15, 0.2) is 10.6 Å². The molecule has 2 heterocycles. The number of aryl methyl sites for hydroxylation is 1. The minimum absolute atomic E-state index is 0.228. The van der Waals surface area contributed by atoms with E-state index < -0.39 is 0 Å². The number of hydrogen-bond donors (Lipinski definition) is 1. The fourth-order valence-corrected chi connectivity index (χ4v) is 2.03. The normalized spacial score (nSPS) is 10.6. The molecule has 0 aliphatic heterocycles. The zero-order valence-electron chi connectivity index (χ0n) is 8.73. The van der Waals surface area contributed by atoms with Crippen molar-refractivity contribution < 1.29 is 4.42 Å². The van der Waals surface area contributed by atoms with Crippen molar-refractivity contribution >= 4 is 29.0 Å². The number of halogens is 1. The molecule has 0 amide bonds. The van der Waals surface area contributed by atoms with Crippen molar-refractivity contribution in [2.75, 3.05) is 5.32 Å². The van der Waals surface area contributed by atoms with Crippen LogP contribution in [0.1, 0.15) is 22.7 Å². The highest BCUT2D eigenvalue weighted by molar-refractivity contribution is 7.11. The molecule has 0 aliphatic rings. The molecule has 0 spiro atoms. The first kappa shape index (κ1) is 11.3. The van der Waals surface area contributed by atoms with Crippen LogP contribution in [0.5, 0.6) is 0 Å². The van der Waals surface area contributed by atoms with Gasteiger partial charge in [0.05, 0.1) is 6.54 Å². The summed E-state index contributed by atoms with van der Waals surface area (Å²) in [6, 6.07) is 0.379. The van der Waals surface area contributed by atoms with Crippen LogP contribution in [0, 0.1) is 0 Å². The van der Waals surface area contributed by atoms with Gasteiger partial charge in [0.2, 0.25) is 5.89 Å². The Morgan fingerprint density at radius 1 is 1.50 bits per heavy atom. The highest BCUT2D eigenvalue weighted by Gasteiger charge is 2.05. The number of hydrogen-bond acceptors (Lipinski definition) is 6. The van der Waals surface area contributed by atoms with Crippen LogP contribution in [-0.2, 0) is 18.8 Å². The van der Waals surface area contributed by atoms with E-state index in [2.05, 4.69) is 27.4 Å². The minimum atomic E-state index is 0.228. The number of alkyl halides is 1. The van der Waals surface area contributed by atoms with Crippen molar-refractivity contribution in [2.24, 2.45) is 0 Å². The predicted octanol–water partition coefficient (Wildman–Crippen LogP) is 2.44. The smallest absolute Gasteiger partial charge is 0.315 e. The number of anilines is 1. The third-order valence-corrected chi connectivity index (χ3v) is 3.29. The Morgan fingerprint density at radius 2 is 2.38 bits per heavy atom. The Labute approximate surface area is 102 Å². The Kier molecular flexibility index (Phi) is 3.74. The predicted molar refractivity (Wildman–Crippen MR) is 62.7 cm³/mol. The first-order chi connectivity index (χ1) is 7.81. The third-order valence-electron chi connectivity index (χ3n) is 1.92. The summed E-state index contributed by atoms with van der Waals surface area (Å²) in [7, 11) is 0. The summed E-state index contributed by atoms with van der Waals surface area (Å²) in [5, 5.41) is 11.5. The van der Waals surface area contributed by atoms with Gasteiger partial charge >= 0.3 is 6.01 Å². The van der Waals surface area contributed by atoms with Gasteiger partial charge in [-0.1, -0.05) is 12.0 Å². The molecule has 0 saturated heterocycles. The molecule has 0 fully saturated rings. The van der Waals surface area contributed by atoms with Crippen molar-refractivity contribution in [2.45, 2.75) is 25.8 Å². The monoisotopic (exact) mass is 258 g/mol. The van der Waals surface area contributed by atoms with Gasteiger partial charge in [0.25, 0.3) is 0 Å². The lowest BCUT2D eigenvalue weighted by molar-refractivity contribution is 0.525. The van der Waals surface area contributed by atoms with Crippen molar-refractivity contribution in [1.82, 2.24) is 15.2 Å². The topological polar surface area (TPSA) is 63.8 Å². The molecule has 2 aromatic rings. The molecule has 2 rings (SSSR count). The van der Waals surface area contributed by atoms with Crippen LogP contribution in [0.3, 0.4) is 0 Å². The molecule has 7 heteroatoms. The van der Waals surface area contributed by atoms with Gasteiger partial charge in [-0.3, -0.25) is 0 Å². The van der Waals surface area contributed by atoms with Crippen LogP contribution in [-0.4, -0.2) is 15.2 Å². The Balaban J connectivity index is 1.91. The molecule has 1 N–H and O–H groups in total. The summed E-state index contributed by atoms with van der Waals surface area (Å²) >= 11 is 7.22. The lowest BCUT2D eigenvalue weighted by Crippen LogP contribution is -1.98. The number of nitrogens with one attached hydrogen (secondary N) is 1. The number of aromatic nitrogens is 3. The van der Waals surface area contributed by atoms with Gasteiger partial charge in [-0.15, -0.1) is 28.0 Å². The second-order valence-electron chi connectivity index (χ2n) is 3.06. The number of nitrogens with zero attached hydrogens (tertiary/aromatic N) is 3. The summed E-state index contributed by atoms with van der Waals surface area (Å²) < 4.78 is 5.20. The molecule has 0 unspecified atom stereocenters. The van der Waals surface area contributed by atoms with Gasteiger partial charge in [0, 0.05) is 11.1 Å². The molecule has 16 heavy (non-hydrogen) atoms. The van der Waals surface area contributed by atoms with Gasteiger partial charge in [-0.2, -0.15) is 0 Å². The van der Waals surface area contributed by atoms with Gasteiger partial charge in [-0.25, -0.2) is 4.98 Å². The molecule has 0 aromatic carbocycles. The van der Waals surface area contributed by atoms with Gasteiger partial charge in [0.1, 0.15) is 10.9 Å². The maximum absolute atomic E-state index is 5.55. The van der Waals surface area contributed by atoms with E-state index in [-0.39, 0.29) is 5.88 Å². The maximum atomic E-state index is 5.55. The average molecular weight is 259 g/mol. The van der Waals surface area contributed by atoms with E-state index in [0.29, 0.717) is 18.5 Å². The quantitative estimate of drug-likeness (QED) is 0.835. The van der Waals surface area contributed by atoms with Gasteiger partial charge < -0.3 is 9.73 Å². The van der Waals surface area contributed by atoms with Crippen LogP contribution in [0.2, 0.25) is 0 Å². The molecular weight excluding hydrogens is 248 g/mol. The van der Waals surface area contributed by atoms with Crippen LogP contribution < -0.4 is 5.32 Å². The van der Waals surface area contributed by atoms with E-state index >= 15 is 0 Å². The largest absolute Gasteiger partial charge is 0.407 e. The Bertz CT molecular complexity index is 414. The van der Waals surface area contributed by atoms with E-state index in [9.17, 15) is 0 Å². The number of rotatable bonds is 5. The first-order valence-electron chi connectivity index (χ1n) is 4.87. The third kappa shape index (κ3) is 2.70. The number of thiazole rings is 1. The lowest BCUT2D eigenvalue weighted by atomic mass is 10.4. The summed E-state index contributed by atoms with van der Waals surface area (Å²) in [6.07, 6.45) is 2.90. The van der Waals surface area contributed by atoms with Gasteiger partial charge in [-0.05, 0) is 6.42 Å². The molecule has 0 atom stereocenters. The van der Waals surface area contributed by atoms with Crippen LogP contribution in [0.4, 0.5) is 6.01 Å². The average Bonchev–Trinajstić information content (AvgIpc) is 2.95. The summed E-state index contributed by atoms with van der Waals surface area (Å²) in [4.78, 5) is 5.54. The molecule has 0 saturated carbocycles. The van der Waals surface area contributed by atoms with Crippen LogP contribution >= 0.6 is 22.9 Å². The summed E-state index contributed by atoms with van der Waals surface area (Å²) in [5.74, 6) is 0.642. The first-order valence-corrected chi connectivity index (χ1v) is 6.22. The molecular formula is C9H11ClN4OS. The molecule has 5 nitrogen and oxygen atoms in total. The van der Waals surface area contributed by atoms with E-state index in [0.717, 1.165) is 11.4 Å². The highest BCUT2D eigenvalue weighted by atomic mass is 35.5. The standard InChI is InChI=1S/C9H11ClN4OS/c1-2-6-4-11-8(16-6)5-12-9-14-13-7(3-10)15-9/h4H,2-3,5H2,1H3,(H,12,14). The van der Waals surface area contributed by atoms with E-state index in [1.165, 1.54) is 4.88 Å². The lowest BCUT2D eigenvalue weighted by Gasteiger charge is -1.95. The van der Waals surface area contributed by atoms with Crippen molar-refractivity contribution in [3.63, 3.8) is 0 Å². The second-order valence-corrected chi connectivity index (χ2v) is 4.53. The molecule has 0 aliphatic carbocycles. The van der Waals surface area contributed by atoms with E-state index in [1.54, 1.807) is 11.3 Å². The Hall–Kier alpha value is -1.14. The highest BCUT2D eigenvalue weighted by Crippen LogP contribution is 2.15. The fraction of sp³-hybridized carbons (Fsp3) is 0.444. The zero-order chi connectivity index (χ0) is 11.4. The van der Waals surface area contributed by atoms with E-state index in [4.69, 9.17) is 16.0 Å². The zero-order valence-corrected chi connectivity index (χ0v) is 10.3. The van der Waals surface area contributed by atoms with Gasteiger partial charge in [0.15, 0.2) is 0 Å². The second kappa shape index (κ2) is 5.27.